The van der Waals surface area contributed by atoms with E-state index >= 15 is 0 Å². The van der Waals surface area contributed by atoms with Gasteiger partial charge >= 0.3 is 0 Å². The number of rotatable bonds is 2. The van der Waals surface area contributed by atoms with Gasteiger partial charge in [-0.15, -0.1) is 0 Å². The summed E-state index contributed by atoms with van der Waals surface area (Å²) in [5.41, 5.74) is 1.46. The zero-order valence-electron chi connectivity index (χ0n) is 12.5. The van der Waals surface area contributed by atoms with Gasteiger partial charge in [0.05, 0.1) is 18.0 Å². The fraction of sp³-hybridized carbons (Fsp3) is 0.533. The number of sulfonamides is 1. The van der Waals surface area contributed by atoms with Crippen LogP contribution in [0.1, 0.15) is 31.2 Å². The maximum Gasteiger partial charge on any atom is 0.242 e. The molecule has 6 nitrogen and oxygen atoms in total. The van der Waals surface area contributed by atoms with Crippen molar-refractivity contribution in [3.63, 3.8) is 0 Å². The summed E-state index contributed by atoms with van der Waals surface area (Å²) in [5, 5.41) is 10.1. The number of benzene rings is 1. The van der Waals surface area contributed by atoms with Crippen LogP contribution in [0, 0.1) is 0 Å². The van der Waals surface area contributed by atoms with Gasteiger partial charge in [-0.25, -0.2) is 8.42 Å². The Bertz CT molecular complexity index is 701. The van der Waals surface area contributed by atoms with E-state index < -0.39 is 10.0 Å². The minimum Gasteiger partial charge on any atom is -0.506 e. The van der Waals surface area contributed by atoms with Crippen LogP contribution in [0.15, 0.2) is 18.2 Å². The molecule has 0 aromatic heterocycles. The highest BCUT2D eigenvalue weighted by molar-refractivity contribution is 7.89. The molecule has 1 N–H and O–H groups in total. The van der Waals surface area contributed by atoms with E-state index in [1.165, 1.54) is 9.21 Å². The number of nitrogens with zero attached hydrogens (tertiary/aromatic N) is 2. The Hall–Kier alpha value is -1.60. The predicted octanol–water partition coefficient (Wildman–Crippen LogP) is 1.27. The third kappa shape index (κ3) is 2.59. The minimum absolute atomic E-state index is 0.0710. The average molecular weight is 324 g/mol. The normalized spacial score (nSPS) is 24.2. The van der Waals surface area contributed by atoms with Crippen molar-refractivity contribution in [1.29, 1.82) is 0 Å². The third-order valence-corrected chi connectivity index (χ3v) is 6.35. The van der Waals surface area contributed by atoms with Gasteiger partial charge in [0.1, 0.15) is 5.75 Å². The molecule has 0 radical (unpaired) electrons. The van der Waals surface area contributed by atoms with E-state index in [-0.39, 0.29) is 29.9 Å². The predicted molar refractivity (Wildman–Crippen MR) is 83.5 cm³/mol. The highest BCUT2D eigenvalue weighted by Gasteiger charge is 2.34. The van der Waals surface area contributed by atoms with Crippen molar-refractivity contribution in [2.75, 3.05) is 30.3 Å². The second-order valence-corrected chi connectivity index (χ2v) is 8.04. The van der Waals surface area contributed by atoms with Gasteiger partial charge in [0.15, 0.2) is 0 Å². The van der Waals surface area contributed by atoms with Crippen molar-refractivity contribution < 1.29 is 18.3 Å². The molecule has 1 fully saturated rings. The first-order chi connectivity index (χ1) is 10.4. The molecule has 1 unspecified atom stereocenters. The number of phenols is 1. The molecular weight excluding hydrogens is 304 g/mol. The first kappa shape index (κ1) is 15.3. The Labute approximate surface area is 130 Å². The van der Waals surface area contributed by atoms with Crippen molar-refractivity contribution in [3.8, 4) is 5.75 Å². The van der Waals surface area contributed by atoms with E-state index in [1.807, 2.05) is 6.07 Å². The molecule has 22 heavy (non-hydrogen) atoms. The van der Waals surface area contributed by atoms with Crippen molar-refractivity contribution >= 4 is 21.6 Å². The molecule has 2 heterocycles. The second-order valence-electron chi connectivity index (χ2n) is 5.95. The Balaban J connectivity index is 1.87. The number of anilines is 1. The van der Waals surface area contributed by atoms with Gasteiger partial charge in [0.2, 0.25) is 15.9 Å². The van der Waals surface area contributed by atoms with Gasteiger partial charge in [-0.2, -0.15) is 4.31 Å². The lowest BCUT2D eigenvalue weighted by atomic mass is 9.91. The summed E-state index contributed by atoms with van der Waals surface area (Å²) in [6.07, 6.45) is 1.36. The molecule has 7 heteroatoms. The summed E-state index contributed by atoms with van der Waals surface area (Å²) in [4.78, 5) is 14.1. The Morgan fingerprint density at radius 2 is 2.14 bits per heavy atom. The lowest BCUT2D eigenvalue weighted by Crippen LogP contribution is -2.43. The van der Waals surface area contributed by atoms with E-state index in [4.69, 9.17) is 0 Å². The fourth-order valence-corrected chi connectivity index (χ4v) is 4.65. The maximum absolute atomic E-state index is 12.6. The van der Waals surface area contributed by atoms with Gasteiger partial charge in [-0.3, -0.25) is 4.79 Å². The topological polar surface area (TPSA) is 77.9 Å². The summed E-state index contributed by atoms with van der Waals surface area (Å²) >= 11 is 0. The number of carbonyl (C=O) groups is 1. The molecule has 2 aliphatic rings. The molecule has 0 aliphatic carbocycles. The minimum atomic E-state index is -3.30. The highest BCUT2D eigenvalue weighted by atomic mass is 32.2. The summed E-state index contributed by atoms with van der Waals surface area (Å²) in [7, 11) is -3.30. The van der Waals surface area contributed by atoms with Crippen molar-refractivity contribution in [1.82, 2.24) is 4.31 Å². The van der Waals surface area contributed by atoms with Gasteiger partial charge < -0.3 is 10.0 Å². The van der Waals surface area contributed by atoms with Crippen LogP contribution in [0.5, 0.6) is 5.75 Å². The molecule has 2 aliphatic heterocycles. The summed E-state index contributed by atoms with van der Waals surface area (Å²) in [6, 6.07) is 5.24. The van der Waals surface area contributed by atoms with Crippen LogP contribution in [0.3, 0.4) is 0 Å². The maximum atomic E-state index is 12.6. The quantitative estimate of drug-likeness (QED) is 0.888. The van der Waals surface area contributed by atoms with Crippen molar-refractivity contribution in [3.05, 3.63) is 23.8 Å². The monoisotopic (exact) mass is 324 g/mol. The Kier molecular flexibility index (Phi) is 3.86. The number of carbonyl (C=O) groups excluding carboxylic acids is 1. The largest absolute Gasteiger partial charge is 0.506 e. The number of hydrogen-bond acceptors (Lipinski definition) is 4. The number of fused-ring (bicyclic) bond motifs is 1. The van der Waals surface area contributed by atoms with Crippen LogP contribution in [0.2, 0.25) is 0 Å². The molecule has 0 bridgehead atoms. The van der Waals surface area contributed by atoms with Crippen LogP contribution in [0.4, 0.5) is 5.69 Å². The molecule has 0 spiro atoms. The number of hydrogen-bond donors (Lipinski definition) is 1. The summed E-state index contributed by atoms with van der Waals surface area (Å²) in [5.74, 6) is 0.169. The van der Waals surface area contributed by atoms with Crippen LogP contribution in [0.25, 0.3) is 0 Å². The number of para-hydroxylation sites is 1. The molecule has 1 aromatic rings. The number of phenolic OH excluding ortho intramolecular Hbond substituents is 1. The zero-order valence-corrected chi connectivity index (χ0v) is 13.3. The van der Waals surface area contributed by atoms with Crippen LogP contribution >= 0.6 is 0 Å². The van der Waals surface area contributed by atoms with E-state index in [0.717, 1.165) is 12.0 Å². The number of aromatic hydroxyl groups is 1. The Morgan fingerprint density at radius 1 is 1.36 bits per heavy atom. The average Bonchev–Trinajstić information content (AvgIpc) is 2.79. The van der Waals surface area contributed by atoms with E-state index in [2.05, 4.69) is 6.92 Å². The number of amides is 1. The van der Waals surface area contributed by atoms with E-state index in [9.17, 15) is 18.3 Å². The summed E-state index contributed by atoms with van der Waals surface area (Å²) in [6.45, 7) is 2.81. The Morgan fingerprint density at radius 3 is 2.82 bits per heavy atom. The van der Waals surface area contributed by atoms with E-state index in [1.54, 1.807) is 12.1 Å². The SMILES string of the molecule is CC1CCN(C(=O)CN2CCCS2(=O)=O)c2c(O)cccc21. The molecule has 3 rings (SSSR count). The van der Waals surface area contributed by atoms with Crippen molar-refractivity contribution in [2.45, 2.75) is 25.7 Å². The third-order valence-electron chi connectivity index (χ3n) is 4.45. The lowest BCUT2D eigenvalue weighted by Gasteiger charge is -2.34. The van der Waals surface area contributed by atoms with Crippen LogP contribution in [-0.4, -0.2) is 49.1 Å². The van der Waals surface area contributed by atoms with Gasteiger partial charge in [0.25, 0.3) is 0 Å². The standard InChI is InChI=1S/C15H20N2O4S/c1-11-6-8-17(15-12(11)4-2-5-13(15)18)14(19)10-16-7-3-9-22(16,20)21/h2,4-5,11,18H,3,6-10H2,1H3. The fourth-order valence-electron chi connectivity index (χ4n) is 3.19. The smallest absolute Gasteiger partial charge is 0.242 e. The van der Waals surface area contributed by atoms with E-state index in [0.29, 0.717) is 25.2 Å². The molecule has 1 saturated heterocycles. The lowest BCUT2D eigenvalue weighted by molar-refractivity contribution is -0.118. The molecule has 0 saturated carbocycles. The van der Waals surface area contributed by atoms with Gasteiger partial charge in [-0.05, 0) is 30.4 Å². The van der Waals surface area contributed by atoms with Gasteiger partial charge in [0, 0.05) is 13.1 Å². The van der Waals surface area contributed by atoms with Crippen LogP contribution < -0.4 is 4.90 Å². The van der Waals surface area contributed by atoms with Gasteiger partial charge in [-0.1, -0.05) is 19.1 Å². The first-order valence-corrected chi connectivity index (χ1v) is 9.11. The first-order valence-electron chi connectivity index (χ1n) is 7.50. The zero-order chi connectivity index (χ0) is 15.9. The molecule has 1 aromatic carbocycles. The second kappa shape index (κ2) is 5.55. The van der Waals surface area contributed by atoms with Crippen molar-refractivity contribution in [2.24, 2.45) is 0 Å². The molecular formula is C15H20N2O4S. The molecule has 120 valence electrons. The molecule has 1 amide bonds. The highest BCUT2D eigenvalue weighted by Crippen LogP contribution is 2.40. The molecule has 1 atom stereocenters. The summed E-state index contributed by atoms with van der Waals surface area (Å²) < 4.78 is 24.9. The van der Waals surface area contributed by atoms with Crippen LogP contribution in [-0.2, 0) is 14.8 Å².